The molecule has 1 heterocycles. The van der Waals surface area contributed by atoms with Crippen molar-refractivity contribution in [2.24, 2.45) is 4.99 Å². The molecule has 8 heteroatoms. The van der Waals surface area contributed by atoms with Gasteiger partial charge in [0.15, 0.2) is 11.7 Å². The number of likely N-dealkylation sites (N-methyl/N-ethyl adjacent to an activating group) is 1. The molecule has 136 valence electrons. The summed E-state index contributed by atoms with van der Waals surface area (Å²) in [5, 5.41) is 9.16. The first kappa shape index (κ1) is 20.0. The van der Waals surface area contributed by atoms with Gasteiger partial charge in [0.2, 0.25) is 0 Å². The number of rotatable bonds is 11. The van der Waals surface area contributed by atoms with E-state index in [1.807, 2.05) is 0 Å². The van der Waals surface area contributed by atoms with Crippen LogP contribution in [0.4, 0.5) is 0 Å². The molecule has 0 fully saturated rings. The molecule has 0 atom stereocenters. The van der Waals surface area contributed by atoms with Crippen molar-refractivity contribution < 1.29 is 13.9 Å². The van der Waals surface area contributed by atoms with Crippen molar-refractivity contribution in [3.05, 3.63) is 24.2 Å². The maximum atomic E-state index is 11.7. The van der Waals surface area contributed by atoms with Crippen LogP contribution < -0.4 is 16.0 Å². The summed E-state index contributed by atoms with van der Waals surface area (Å²) in [6, 6.07) is 3.32. The van der Waals surface area contributed by atoms with E-state index in [0.717, 1.165) is 32.7 Å². The lowest BCUT2D eigenvalue weighted by molar-refractivity contribution is 0.0926. The number of carbonyl (C=O) groups is 1. The molecule has 8 nitrogen and oxygen atoms in total. The minimum Gasteiger partial charge on any atom is -0.459 e. The average Bonchev–Trinajstić information content (AvgIpc) is 3.11. The molecule has 0 saturated heterocycles. The van der Waals surface area contributed by atoms with Crippen LogP contribution in [0.5, 0.6) is 0 Å². The van der Waals surface area contributed by atoms with E-state index in [9.17, 15) is 4.79 Å². The van der Waals surface area contributed by atoms with Gasteiger partial charge in [-0.1, -0.05) is 0 Å². The summed E-state index contributed by atoms with van der Waals surface area (Å²) in [5.41, 5.74) is 0. The number of aliphatic imine (C=N–C) groups is 1. The van der Waals surface area contributed by atoms with Gasteiger partial charge in [-0.2, -0.15) is 0 Å². The number of methoxy groups -OCH3 is 1. The third-order valence-electron chi connectivity index (χ3n) is 3.35. The van der Waals surface area contributed by atoms with Gasteiger partial charge in [-0.15, -0.1) is 0 Å². The Morgan fingerprint density at radius 1 is 1.25 bits per heavy atom. The maximum Gasteiger partial charge on any atom is 0.287 e. The van der Waals surface area contributed by atoms with Gasteiger partial charge >= 0.3 is 0 Å². The topological polar surface area (TPSA) is 91.1 Å². The lowest BCUT2D eigenvalue weighted by Gasteiger charge is -2.18. The molecular formula is C16H29N5O3. The smallest absolute Gasteiger partial charge is 0.287 e. The molecule has 0 aromatic carbocycles. The van der Waals surface area contributed by atoms with E-state index in [-0.39, 0.29) is 5.91 Å². The first-order valence-electron chi connectivity index (χ1n) is 8.11. The number of amides is 1. The molecule has 0 unspecified atom stereocenters. The normalized spacial score (nSPS) is 11.6. The molecule has 1 amide bonds. The van der Waals surface area contributed by atoms with Gasteiger partial charge in [0.1, 0.15) is 0 Å². The monoisotopic (exact) mass is 339 g/mol. The molecule has 0 aliphatic carbocycles. The molecule has 0 saturated carbocycles. The van der Waals surface area contributed by atoms with Crippen LogP contribution in [0.1, 0.15) is 17.0 Å². The zero-order chi connectivity index (χ0) is 17.6. The van der Waals surface area contributed by atoms with E-state index >= 15 is 0 Å². The zero-order valence-electron chi connectivity index (χ0n) is 14.8. The van der Waals surface area contributed by atoms with Gasteiger partial charge in [0.05, 0.1) is 6.26 Å². The second-order valence-electron chi connectivity index (χ2n) is 5.31. The van der Waals surface area contributed by atoms with Crippen molar-refractivity contribution in [2.45, 2.75) is 6.42 Å². The molecule has 1 aromatic rings. The second kappa shape index (κ2) is 12.4. The standard InChI is InChI=1S/C16H29N5O3/c1-17-16(20-9-11-21(2)10-5-12-23-3)19-8-7-18-15(22)14-6-4-13-24-14/h4,6,13H,5,7-12H2,1-3H3,(H,18,22)(H2,17,19,20). The van der Waals surface area contributed by atoms with Gasteiger partial charge in [-0.05, 0) is 25.6 Å². The maximum absolute atomic E-state index is 11.7. The van der Waals surface area contributed by atoms with Crippen LogP contribution in [0, 0.1) is 0 Å². The Labute approximate surface area is 143 Å². The van der Waals surface area contributed by atoms with Crippen LogP contribution in [0.3, 0.4) is 0 Å². The summed E-state index contributed by atoms with van der Waals surface area (Å²) in [4.78, 5) is 18.1. The second-order valence-corrected chi connectivity index (χ2v) is 5.31. The fraction of sp³-hybridized carbons (Fsp3) is 0.625. The minimum absolute atomic E-state index is 0.220. The lowest BCUT2D eigenvalue weighted by atomic mass is 10.4. The highest BCUT2D eigenvalue weighted by molar-refractivity contribution is 5.91. The van der Waals surface area contributed by atoms with Crippen molar-refractivity contribution in [3.8, 4) is 0 Å². The molecule has 0 aliphatic rings. The summed E-state index contributed by atoms with van der Waals surface area (Å²) in [6.07, 6.45) is 2.50. The summed E-state index contributed by atoms with van der Waals surface area (Å²) in [7, 11) is 5.52. The van der Waals surface area contributed by atoms with E-state index in [4.69, 9.17) is 9.15 Å². The van der Waals surface area contributed by atoms with E-state index in [1.165, 1.54) is 6.26 Å². The summed E-state index contributed by atoms with van der Waals surface area (Å²) >= 11 is 0. The molecular weight excluding hydrogens is 310 g/mol. The highest BCUT2D eigenvalue weighted by Crippen LogP contribution is 1.98. The Kier molecular flexibility index (Phi) is 10.3. The van der Waals surface area contributed by atoms with Crippen LogP contribution in [0.25, 0.3) is 0 Å². The van der Waals surface area contributed by atoms with Gasteiger partial charge in [0, 0.05) is 53.5 Å². The van der Waals surface area contributed by atoms with Crippen molar-refractivity contribution >= 4 is 11.9 Å². The van der Waals surface area contributed by atoms with E-state index < -0.39 is 0 Å². The average molecular weight is 339 g/mol. The number of guanidine groups is 1. The number of hydrogen-bond donors (Lipinski definition) is 3. The van der Waals surface area contributed by atoms with Crippen molar-refractivity contribution in [2.75, 3.05) is 60.5 Å². The molecule has 3 N–H and O–H groups in total. The third kappa shape index (κ3) is 8.54. The van der Waals surface area contributed by atoms with E-state index in [0.29, 0.717) is 24.8 Å². The van der Waals surface area contributed by atoms with Crippen LogP contribution in [0.2, 0.25) is 0 Å². The highest BCUT2D eigenvalue weighted by atomic mass is 16.5. The molecule has 0 spiro atoms. The molecule has 0 radical (unpaired) electrons. The Bertz CT molecular complexity index is 476. The van der Waals surface area contributed by atoms with Gasteiger partial charge < -0.3 is 30.0 Å². The SMILES string of the molecule is CN=C(NCCNC(=O)c1ccco1)NCCN(C)CCCOC. The fourth-order valence-electron chi connectivity index (χ4n) is 2.03. The van der Waals surface area contributed by atoms with Crippen molar-refractivity contribution in [1.29, 1.82) is 0 Å². The van der Waals surface area contributed by atoms with Gasteiger partial charge in [0.25, 0.3) is 5.91 Å². The Hall–Kier alpha value is -2.06. The first-order valence-corrected chi connectivity index (χ1v) is 8.11. The van der Waals surface area contributed by atoms with Crippen LogP contribution in [0.15, 0.2) is 27.8 Å². The quantitative estimate of drug-likeness (QED) is 0.302. The predicted octanol–water partition coefficient (Wildman–Crippen LogP) is 0.143. The number of furan rings is 1. The van der Waals surface area contributed by atoms with Crippen LogP contribution in [-0.2, 0) is 4.74 Å². The number of ether oxygens (including phenoxy) is 1. The predicted molar refractivity (Wildman–Crippen MR) is 94.4 cm³/mol. The molecule has 24 heavy (non-hydrogen) atoms. The van der Waals surface area contributed by atoms with Crippen molar-refractivity contribution in [1.82, 2.24) is 20.9 Å². The highest BCUT2D eigenvalue weighted by Gasteiger charge is 2.06. The van der Waals surface area contributed by atoms with Gasteiger partial charge in [-0.3, -0.25) is 9.79 Å². The van der Waals surface area contributed by atoms with Crippen molar-refractivity contribution in [3.63, 3.8) is 0 Å². The van der Waals surface area contributed by atoms with E-state index in [1.54, 1.807) is 26.3 Å². The van der Waals surface area contributed by atoms with Gasteiger partial charge in [-0.25, -0.2) is 0 Å². The number of nitrogens with zero attached hydrogens (tertiary/aromatic N) is 2. The van der Waals surface area contributed by atoms with Crippen LogP contribution >= 0.6 is 0 Å². The molecule has 0 bridgehead atoms. The number of nitrogens with one attached hydrogen (secondary N) is 3. The summed E-state index contributed by atoms with van der Waals surface area (Å²) in [5.74, 6) is 0.809. The molecule has 0 aliphatic heterocycles. The molecule has 1 aromatic heterocycles. The number of hydrogen-bond acceptors (Lipinski definition) is 5. The fourth-order valence-corrected chi connectivity index (χ4v) is 2.03. The zero-order valence-corrected chi connectivity index (χ0v) is 14.8. The number of carbonyl (C=O) groups excluding carboxylic acids is 1. The summed E-state index contributed by atoms with van der Waals surface area (Å²) in [6.45, 7) is 4.56. The Morgan fingerprint density at radius 2 is 2.00 bits per heavy atom. The lowest BCUT2D eigenvalue weighted by Crippen LogP contribution is -2.43. The molecule has 1 rings (SSSR count). The Balaban J connectivity index is 2.09. The third-order valence-corrected chi connectivity index (χ3v) is 3.35. The van der Waals surface area contributed by atoms with Crippen LogP contribution in [-0.4, -0.2) is 77.3 Å². The Morgan fingerprint density at radius 3 is 2.67 bits per heavy atom. The van der Waals surface area contributed by atoms with E-state index in [2.05, 4.69) is 32.9 Å². The summed E-state index contributed by atoms with van der Waals surface area (Å²) < 4.78 is 10.1. The first-order chi connectivity index (χ1) is 11.7. The minimum atomic E-state index is -0.220. The largest absolute Gasteiger partial charge is 0.459 e.